The van der Waals surface area contributed by atoms with E-state index in [1.54, 1.807) is 0 Å². The lowest BCUT2D eigenvalue weighted by Gasteiger charge is -2.28. The Balaban J connectivity index is 1.56. The first-order valence-electron chi connectivity index (χ1n) is 16.2. The number of unbranched alkanes of at least 4 members (excludes halogenated alkanes) is 2. The lowest BCUT2D eigenvalue weighted by Crippen LogP contribution is -2.53. The summed E-state index contributed by atoms with van der Waals surface area (Å²) < 4.78 is 4.74. The predicted octanol–water partition coefficient (Wildman–Crippen LogP) is 8.29. The minimum atomic E-state index is -0.219. The monoisotopic (exact) mass is 580 g/mol. The molecular formula is C40H33BN4. The molecule has 0 spiro atoms. The topological polar surface area (TPSA) is 57.4 Å². The average Bonchev–Trinajstić information content (AvgIpc) is 3.60. The van der Waals surface area contributed by atoms with E-state index < -0.39 is 0 Å². The van der Waals surface area contributed by atoms with Crippen molar-refractivity contribution >= 4 is 61.4 Å². The molecule has 0 bridgehead atoms. The van der Waals surface area contributed by atoms with Gasteiger partial charge >= 0.3 is 6.85 Å². The van der Waals surface area contributed by atoms with Crippen molar-refractivity contribution in [3.05, 3.63) is 113 Å². The van der Waals surface area contributed by atoms with Gasteiger partial charge in [0.2, 0.25) is 0 Å². The van der Waals surface area contributed by atoms with Gasteiger partial charge < -0.3 is 9.05 Å². The molecule has 7 aromatic rings. The fourth-order valence-corrected chi connectivity index (χ4v) is 7.79. The molecule has 0 atom stereocenters. The first kappa shape index (κ1) is 27.3. The van der Waals surface area contributed by atoms with E-state index in [0.717, 1.165) is 71.5 Å². The first-order chi connectivity index (χ1) is 22.2. The third-order valence-electron chi connectivity index (χ3n) is 9.74. The van der Waals surface area contributed by atoms with Crippen LogP contribution in [0.2, 0.25) is 0 Å². The second-order valence-electron chi connectivity index (χ2n) is 12.4. The maximum absolute atomic E-state index is 10.7. The van der Waals surface area contributed by atoms with E-state index in [0.29, 0.717) is 11.1 Å². The highest BCUT2D eigenvalue weighted by atomic mass is 15.0. The number of aryl methyl sites for hydroxylation is 2. The molecule has 0 N–H and O–H groups in total. The van der Waals surface area contributed by atoms with Crippen LogP contribution < -0.4 is 10.9 Å². The van der Waals surface area contributed by atoms with Crippen LogP contribution in [0.5, 0.6) is 0 Å². The lowest BCUT2D eigenvalue weighted by atomic mass is 9.48. The molecule has 2 aromatic heterocycles. The SMILES string of the molecule is CCCCc1cc(C#N)c2c(c1)c1cc(CCCC)cc(C#N)c1n2B1c2ccccc2-n2c3ccccc3c3cccc1c32. The number of nitrogens with zero attached hydrogens (tertiary/aromatic N) is 4. The van der Waals surface area contributed by atoms with Gasteiger partial charge in [-0.25, -0.2) is 0 Å². The van der Waals surface area contributed by atoms with Crippen molar-refractivity contribution in [3.8, 4) is 17.8 Å². The highest BCUT2D eigenvalue weighted by Crippen LogP contribution is 2.39. The van der Waals surface area contributed by atoms with Crippen LogP contribution in [0.3, 0.4) is 0 Å². The molecule has 0 aliphatic carbocycles. The van der Waals surface area contributed by atoms with Crippen molar-refractivity contribution in [2.75, 3.05) is 0 Å². The number of fused-ring (bicyclic) bond motifs is 8. The van der Waals surface area contributed by atoms with E-state index >= 15 is 0 Å². The van der Waals surface area contributed by atoms with Crippen molar-refractivity contribution in [1.29, 1.82) is 10.5 Å². The molecule has 1 aliphatic rings. The summed E-state index contributed by atoms with van der Waals surface area (Å²) in [7, 11) is 0. The second-order valence-corrected chi connectivity index (χ2v) is 12.4. The van der Waals surface area contributed by atoms with Crippen molar-refractivity contribution in [2.45, 2.75) is 52.4 Å². The molecule has 216 valence electrons. The molecule has 0 fully saturated rings. The van der Waals surface area contributed by atoms with Crippen LogP contribution in [0, 0.1) is 22.7 Å². The zero-order chi connectivity index (χ0) is 30.7. The van der Waals surface area contributed by atoms with Crippen LogP contribution in [0.15, 0.2) is 91.0 Å². The summed E-state index contributed by atoms with van der Waals surface area (Å²) in [5.74, 6) is 0. The van der Waals surface area contributed by atoms with Gasteiger partial charge in [-0.1, -0.05) is 81.3 Å². The van der Waals surface area contributed by atoms with E-state index in [1.807, 2.05) is 0 Å². The molecule has 3 heterocycles. The van der Waals surface area contributed by atoms with Gasteiger partial charge in [0.1, 0.15) is 12.1 Å². The zero-order valence-electron chi connectivity index (χ0n) is 25.8. The van der Waals surface area contributed by atoms with Gasteiger partial charge in [-0.15, -0.1) is 0 Å². The number of hydrogen-bond acceptors (Lipinski definition) is 2. The Morgan fingerprint density at radius 3 is 1.82 bits per heavy atom. The maximum atomic E-state index is 10.7. The summed E-state index contributed by atoms with van der Waals surface area (Å²) in [6.07, 6.45) is 6.20. The van der Waals surface area contributed by atoms with Crippen LogP contribution in [-0.2, 0) is 12.8 Å². The van der Waals surface area contributed by atoms with Gasteiger partial charge in [-0.05, 0) is 84.1 Å². The number of rotatable bonds is 7. The molecule has 0 radical (unpaired) electrons. The zero-order valence-corrected chi connectivity index (χ0v) is 25.8. The molecule has 5 aromatic carbocycles. The smallest absolute Gasteiger partial charge is 0.332 e. The van der Waals surface area contributed by atoms with Gasteiger partial charge in [-0.3, -0.25) is 0 Å². The largest absolute Gasteiger partial charge is 0.374 e. The van der Waals surface area contributed by atoms with Crippen molar-refractivity contribution in [2.24, 2.45) is 0 Å². The lowest BCUT2D eigenvalue weighted by molar-refractivity contribution is 0.795. The van der Waals surface area contributed by atoms with E-state index in [-0.39, 0.29) is 6.85 Å². The summed E-state index contributed by atoms with van der Waals surface area (Å²) in [6.45, 7) is 4.19. The van der Waals surface area contributed by atoms with Gasteiger partial charge in [-0.2, -0.15) is 10.5 Å². The average molecular weight is 581 g/mol. The fourth-order valence-electron chi connectivity index (χ4n) is 7.79. The van der Waals surface area contributed by atoms with E-state index in [4.69, 9.17) is 0 Å². The number of benzene rings is 5. The van der Waals surface area contributed by atoms with Crippen LogP contribution in [-0.4, -0.2) is 15.9 Å². The Bertz CT molecular complexity index is 2310. The van der Waals surface area contributed by atoms with Gasteiger partial charge in [0.05, 0.1) is 33.2 Å². The summed E-state index contributed by atoms with van der Waals surface area (Å²) in [4.78, 5) is 0. The van der Waals surface area contributed by atoms with E-state index in [1.165, 1.54) is 38.4 Å². The van der Waals surface area contributed by atoms with Crippen molar-refractivity contribution in [3.63, 3.8) is 0 Å². The summed E-state index contributed by atoms with van der Waals surface area (Å²) in [5.41, 5.74) is 11.4. The van der Waals surface area contributed by atoms with Gasteiger partial charge in [0, 0.05) is 27.2 Å². The quantitative estimate of drug-likeness (QED) is 0.178. The molecule has 5 heteroatoms. The second kappa shape index (κ2) is 10.7. The molecule has 0 saturated carbocycles. The first-order valence-corrected chi connectivity index (χ1v) is 16.2. The number of aromatic nitrogens is 2. The standard InChI is InChI=1S/C40H33BN4/c1-3-5-12-26-20-28(24-42)38-32(22-26)33-23-27(13-6-4-2)21-29(25-43)39(33)45(38)41-34-16-8-10-19-37(34)44-36-18-9-7-14-30(36)31-15-11-17-35(41)40(31)44/h7-11,14-23H,3-6,12-13H2,1-2H3. The van der Waals surface area contributed by atoms with Crippen molar-refractivity contribution in [1.82, 2.24) is 9.05 Å². The van der Waals surface area contributed by atoms with E-state index in [9.17, 15) is 10.5 Å². The Morgan fingerprint density at radius 2 is 1.18 bits per heavy atom. The Kier molecular flexibility index (Phi) is 6.51. The third kappa shape index (κ3) is 3.97. The predicted molar refractivity (Wildman–Crippen MR) is 187 cm³/mol. The molecule has 0 unspecified atom stereocenters. The number of nitriles is 2. The Hall–Kier alpha value is -5.26. The van der Waals surface area contributed by atoms with E-state index in [2.05, 4.69) is 126 Å². The minimum absolute atomic E-state index is 0.219. The Labute approximate surface area is 263 Å². The molecule has 1 aliphatic heterocycles. The van der Waals surface area contributed by atoms with Crippen LogP contribution in [0.25, 0.3) is 49.3 Å². The van der Waals surface area contributed by atoms with Crippen molar-refractivity contribution < 1.29 is 0 Å². The van der Waals surface area contributed by atoms with Crippen LogP contribution >= 0.6 is 0 Å². The Morgan fingerprint density at radius 1 is 0.600 bits per heavy atom. The summed E-state index contributed by atoms with van der Waals surface area (Å²) in [6, 6.07) is 37.8. The fraction of sp³-hybridized carbons (Fsp3) is 0.200. The number of para-hydroxylation sites is 3. The summed E-state index contributed by atoms with van der Waals surface area (Å²) >= 11 is 0. The normalized spacial score (nSPS) is 12.2. The molecule has 0 amide bonds. The highest BCUT2D eigenvalue weighted by molar-refractivity contribution is 6.88. The molecule has 4 nitrogen and oxygen atoms in total. The minimum Gasteiger partial charge on any atom is -0.374 e. The highest BCUT2D eigenvalue weighted by Gasteiger charge is 2.37. The molecular weight excluding hydrogens is 547 g/mol. The summed E-state index contributed by atoms with van der Waals surface area (Å²) in [5, 5.41) is 26.0. The molecule has 45 heavy (non-hydrogen) atoms. The van der Waals surface area contributed by atoms with Crippen LogP contribution in [0.4, 0.5) is 0 Å². The number of hydrogen-bond donors (Lipinski definition) is 0. The third-order valence-corrected chi connectivity index (χ3v) is 9.74. The molecule has 0 saturated heterocycles. The molecule has 8 rings (SSSR count). The van der Waals surface area contributed by atoms with Gasteiger partial charge in [0.15, 0.2) is 0 Å². The maximum Gasteiger partial charge on any atom is 0.332 e. The van der Waals surface area contributed by atoms with Gasteiger partial charge in [0.25, 0.3) is 0 Å². The van der Waals surface area contributed by atoms with Crippen LogP contribution in [0.1, 0.15) is 61.8 Å².